The van der Waals surface area contributed by atoms with E-state index in [1.54, 1.807) is 0 Å². The Morgan fingerprint density at radius 3 is 2.56 bits per heavy atom. The molecule has 2 unspecified atom stereocenters. The second-order valence-corrected chi connectivity index (χ2v) is 6.60. The molecule has 6 nitrogen and oxygen atoms in total. The van der Waals surface area contributed by atoms with Gasteiger partial charge in [-0.25, -0.2) is 8.42 Å². The van der Waals surface area contributed by atoms with Crippen molar-refractivity contribution in [3.63, 3.8) is 0 Å². The molecule has 0 radical (unpaired) electrons. The zero-order valence-electron chi connectivity index (χ0n) is 10.1. The first-order valence-electron chi connectivity index (χ1n) is 5.43. The number of non-ortho nitro benzene ring substituents is 1. The van der Waals surface area contributed by atoms with Crippen LogP contribution in [0.15, 0.2) is 24.3 Å². The Hall–Kier alpha value is -1.47. The average Bonchev–Trinajstić information content (AvgIpc) is 2.37. The predicted octanol–water partition coefficient (Wildman–Crippen LogP) is 1.45. The molecule has 1 N–H and O–H groups in total. The summed E-state index contributed by atoms with van der Waals surface area (Å²) < 4.78 is 23.3. The van der Waals surface area contributed by atoms with Gasteiger partial charge in [-0.15, -0.1) is 0 Å². The maximum absolute atomic E-state index is 11.6. The number of nitro benzene ring substituents is 1. The third-order valence-electron chi connectivity index (χ3n) is 2.84. The highest BCUT2D eigenvalue weighted by atomic mass is 32.2. The summed E-state index contributed by atoms with van der Waals surface area (Å²) in [5.41, 5.74) is 0.0568. The maximum Gasteiger partial charge on any atom is 0.269 e. The van der Waals surface area contributed by atoms with Crippen LogP contribution in [0.1, 0.15) is 25.5 Å². The highest BCUT2D eigenvalue weighted by Gasteiger charge is 2.28. The smallest absolute Gasteiger partial charge is 0.269 e. The summed E-state index contributed by atoms with van der Waals surface area (Å²) in [7, 11) is -3.40. The summed E-state index contributed by atoms with van der Waals surface area (Å²) in [6.45, 7) is 2.88. The van der Waals surface area contributed by atoms with Gasteiger partial charge in [0.05, 0.1) is 16.3 Å². The van der Waals surface area contributed by atoms with Gasteiger partial charge in [-0.05, 0) is 12.5 Å². The lowest BCUT2D eigenvalue weighted by Gasteiger charge is -2.18. The quantitative estimate of drug-likeness (QED) is 0.646. The van der Waals surface area contributed by atoms with Gasteiger partial charge >= 0.3 is 0 Å². The van der Waals surface area contributed by atoms with Crippen LogP contribution >= 0.6 is 0 Å². The van der Waals surface area contributed by atoms with Crippen LogP contribution in [0.5, 0.6) is 0 Å². The van der Waals surface area contributed by atoms with Gasteiger partial charge in [0, 0.05) is 17.9 Å². The van der Waals surface area contributed by atoms with Gasteiger partial charge in [-0.1, -0.05) is 19.1 Å². The molecule has 18 heavy (non-hydrogen) atoms. The Kier molecular flexibility index (Phi) is 4.42. The second kappa shape index (κ2) is 5.45. The molecule has 7 heteroatoms. The highest BCUT2D eigenvalue weighted by molar-refractivity contribution is 7.92. The summed E-state index contributed by atoms with van der Waals surface area (Å²) in [6.07, 6.45) is -1.27. The Morgan fingerprint density at radius 1 is 1.44 bits per heavy atom. The molecule has 0 aliphatic carbocycles. The molecule has 1 aromatic carbocycles. The maximum atomic E-state index is 11.6. The normalized spacial score (nSPS) is 15.1. The van der Waals surface area contributed by atoms with Crippen molar-refractivity contribution < 1.29 is 18.4 Å². The zero-order chi connectivity index (χ0) is 13.9. The van der Waals surface area contributed by atoms with Crippen molar-refractivity contribution in [2.24, 2.45) is 0 Å². The third kappa shape index (κ3) is 3.05. The molecule has 0 aliphatic rings. The molecule has 1 aromatic rings. The Balaban J connectivity index is 3.08. The van der Waals surface area contributed by atoms with Crippen LogP contribution in [-0.2, 0) is 9.84 Å². The van der Waals surface area contributed by atoms with Gasteiger partial charge < -0.3 is 5.11 Å². The molecule has 0 fully saturated rings. The average molecular weight is 273 g/mol. The fourth-order valence-corrected chi connectivity index (χ4v) is 2.63. The second-order valence-electron chi connectivity index (χ2n) is 3.95. The third-order valence-corrected chi connectivity index (χ3v) is 5.03. The molecule has 100 valence electrons. The van der Waals surface area contributed by atoms with Gasteiger partial charge in [0.1, 0.15) is 0 Å². The van der Waals surface area contributed by atoms with Crippen LogP contribution in [0.2, 0.25) is 0 Å². The number of hydrogen-bond acceptors (Lipinski definition) is 5. The van der Waals surface area contributed by atoms with Crippen molar-refractivity contribution in [3.05, 3.63) is 39.9 Å². The van der Waals surface area contributed by atoms with Crippen LogP contribution in [-0.4, -0.2) is 29.5 Å². The van der Waals surface area contributed by atoms with E-state index in [-0.39, 0.29) is 17.0 Å². The van der Waals surface area contributed by atoms with Gasteiger partial charge in [-0.2, -0.15) is 0 Å². The number of sulfone groups is 1. The predicted molar refractivity (Wildman–Crippen MR) is 67.0 cm³/mol. The van der Waals surface area contributed by atoms with E-state index >= 15 is 0 Å². The van der Waals surface area contributed by atoms with Crippen molar-refractivity contribution >= 4 is 15.5 Å². The number of nitrogens with zero attached hydrogens (tertiary/aromatic N) is 1. The van der Waals surface area contributed by atoms with E-state index in [1.807, 2.05) is 0 Å². The lowest BCUT2D eigenvalue weighted by Crippen LogP contribution is -2.26. The van der Waals surface area contributed by atoms with E-state index in [4.69, 9.17) is 0 Å². The molecule has 0 bridgehead atoms. The van der Waals surface area contributed by atoms with Crippen LogP contribution in [0.4, 0.5) is 5.69 Å². The van der Waals surface area contributed by atoms with Crippen molar-refractivity contribution in [2.75, 3.05) is 5.75 Å². The summed E-state index contributed by atoms with van der Waals surface area (Å²) in [5, 5.41) is 19.6. The highest BCUT2D eigenvalue weighted by Crippen LogP contribution is 2.25. The summed E-state index contributed by atoms with van der Waals surface area (Å²) in [4.78, 5) is 10.0. The summed E-state index contributed by atoms with van der Waals surface area (Å²) in [5.74, 6) is -0.0832. The molecule has 0 amide bonds. The van der Waals surface area contributed by atoms with Gasteiger partial charge in [0.2, 0.25) is 0 Å². The van der Waals surface area contributed by atoms with E-state index in [9.17, 15) is 23.6 Å². The molecule has 0 heterocycles. The van der Waals surface area contributed by atoms with Crippen LogP contribution in [0.3, 0.4) is 0 Å². The molecule has 0 saturated heterocycles. The standard InChI is InChI=1S/C11H15NO5S/c1-3-18(16,17)8(2)11(13)9-5-4-6-10(7-9)12(14)15/h4-8,11,13H,3H2,1-2H3. The van der Waals surface area contributed by atoms with Crippen LogP contribution < -0.4 is 0 Å². The number of benzene rings is 1. The van der Waals surface area contributed by atoms with Crippen molar-refractivity contribution in [2.45, 2.75) is 25.2 Å². The fraction of sp³-hybridized carbons (Fsp3) is 0.455. The summed E-state index contributed by atoms with van der Waals surface area (Å²) >= 11 is 0. The number of nitro groups is 1. The van der Waals surface area contributed by atoms with Gasteiger partial charge in [0.25, 0.3) is 5.69 Å². The van der Waals surface area contributed by atoms with E-state index in [1.165, 1.54) is 38.1 Å². The van der Waals surface area contributed by atoms with Crippen molar-refractivity contribution in [3.8, 4) is 0 Å². The van der Waals surface area contributed by atoms with Crippen LogP contribution in [0.25, 0.3) is 0 Å². The minimum absolute atomic E-state index is 0.0832. The van der Waals surface area contributed by atoms with Crippen molar-refractivity contribution in [1.82, 2.24) is 0 Å². The van der Waals surface area contributed by atoms with E-state index < -0.39 is 26.1 Å². The molecular weight excluding hydrogens is 258 g/mol. The first kappa shape index (κ1) is 14.6. The van der Waals surface area contributed by atoms with Gasteiger partial charge in [-0.3, -0.25) is 10.1 Å². The molecule has 0 aliphatic heterocycles. The Labute approximate surface area is 105 Å². The summed E-state index contributed by atoms with van der Waals surface area (Å²) in [6, 6.07) is 5.36. The molecule has 2 atom stereocenters. The Morgan fingerprint density at radius 2 is 2.06 bits per heavy atom. The lowest BCUT2D eigenvalue weighted by atomic mass is 10.1. The minimum Gasteiger partial charge on any atom is -0.387 e. The first-order valence-corrected chi connectivity index (χ1v) is 7.15. The number of aliphatic hydroxyl groups is 1. The SMILES string of the molecule is CCS(=O)(=O)C(C)C(O)c1cccc([N+](=O)[O-])c1. The molecule has 0 saturated carbocycles. The number of rotatable bonds is 5. The molecule has 1 rings (SSSR count). The number of aliphatic hydroxyl groups excluding tert-OH is 1. The molecule has 0 aromatic heterocycles. The van der Waals surface area contributed by atoms with Crippen LogP contribution in [0, 0.1) is 10.1 Å². The molecular formula is C11H15NO5S. The van der Waals surface area contributed by atoms with Gasteiger partial charge in [0.15, 0.2) is 9.84 Å². The van der Waals surface area contributed by atoms with Crippen molar-refractivity contribution in [1.29, 1.82) is 0 Å². The largest absolute Gasteiger partial charge is 0.387 e. The first-order chi connectivity index (χ1) is 8.29. The monoisotopic (exact) mass is 273 g/mol. The van der Waals surface area contributed by atoms with E-state index in [0.29, 0.717) is 0 Å². The molecule has 0 spiro atoms. The van der Waals surface area contributed by atoms with E-state index in [2.05, 4.69) is 0 Å². The lowest BCUT2D eigenvalue weighted by molar-refractivity contribution is -0.385. The minimum atomic E-state index is -3.40. The zero-order valence-corrected chi connectivity index (χ0v) is 10.9. The topological polar surface area (TPSA) is 97.5 Å². The number of hydrogen-bond donors (Lipinski definition) is 1. The Bertz CT molecular complexity index is 540. The van der Waals surface area contributed by atoms with E-state index in [0.717, 1.165) is 0 Å². The fourth-order valence-electron chi connectivity index (χ4n) is 1.55.